The van der Waals surface area contributed by atoms with Gasteiger partial charge < -0.3 is 9.47 Å². The number of methoxy groups -OCH3 is 1. The zero-order valence-electron chi connectivity index (χ0n) is 16.4. The number of halogens is 1. The van der Waals surface area contributed by atoms with Crippen LogP contribution in [0.1, 0.15) is 0 Å². The SMILES string of the molecule is COc1ccccc1-c1nnc2ccc(OCCNS(=O)(=O)c3ccc(I)cc3)nn12. The number of hydrogen-bond acceptors (Lipinski definition) is 7. The van der Waals surface area contributed by atoms with E-state index in [0.717, 1.165) is 9.13 Å². The molecule has 0 bridgehead atoms. The minimum Gasteiger partial charge on any atom is -0.496 e. The van der Waals surface area contributed by atoms with Gasteiger partial charge in [-0.2, -0.15) is 4.52 Å². The lowest BCUT2D eigenvalue weighted by atomic mass is 10.2. The predicted molar refractivity (Wildman–Crippen MR) is 123 cm³/mol. The molecule has 160 valence electrons. The quantitative estimate of drug-likeness (QED) is 0.265. The molecule has 0 fully saturated rings. The maximum Gasteiger partial charge on any atom is 0.240 e. The largest absolute Gasteiger partial charge is 0.496 e. The third kappa shape index (κ3) is 4.78. The van der Waals surface area contributed by atoms with Gasteiger partial charge >= 0.3 is 0 Å². The van der Waals surface area contributed by atoms with Crippen molar-refractivity contribution in [3.05, 3.63) is 64.2 Å². The van der Waals surface area contributed by atoms with Crippen LogP contribution in [-0.4, -0.2) is 48.5 Å². The van der Waals surface area contributed by atoms with E-state index in [1.165, 1.54) is 0 Å². The summed E-state index contributed by atoms with van der Waals surface area (Å²) >= 11 is 2.12. The van der Waals surface area contributed by atoms with E-state index in [2.05, 4.69) is 42.6 Å². The number of fused-ring (bicyclic) bond motifs is 1. The van der Waals surface area contributed by atoms with Gasteiger partial charge in [-0.15, -0.1) is 15.3 Å². The highest BCUT2D eigenvalue weighted by molar-refractivity contribution is 14.1. The van der Waals surface area contributed by atoms with Crippen LogP contribution >= 0.6 is 22.6 Å². The molecule has 11 heteroatoms. The van der Waals surface area contributed by atoms with E-state index < -0.39 is 10.0 Å². The minimum absolute atomic E-state index is 0.0928. The van der Waals surface area contributed by atoms with Gasteiger partial charge in [0, 0.05) is 16.2 Å². The molecule has 0 radical (unpaired) electrons. The van der Waals surface area contributed by atoms with E-state index in [0.29, 0.717) is 23.1 Å². The molecular weight excluding hydrogens is 533 g/mol. The molecule has 0 unspecified atom stereocenters. The standard InChI is InChI=1S/C20H18IN5O4S/c1-29-17-5-3-2-4-16(17)20-24-23-18-10-11-19(25-26(18)20)30-13-12-22-31(27,28)15-8-6-14(21)7-9-15/h2-11,22H,12-13H2,1H3. The maximum atomic E-state index is 12.3. The van der Waals surface area contributed by atoms with Crippen LogP contribution < -0.4 is 14.2 Å². The molecule has 0 aliphatic carbocycles. The Hall–Kier alpha value is -2.77. The number of sulfonamides is 1. The van der Waals surface area contributed by atoms with E-state index >= 15 is 0 Å². The van der Waals surface area contributed by atoms with Crippen LogP contribution in [0.25, 0.3) is 17.0 Å². The fraction of sp³-hybridized carbons (Fsp3) is 0.150. The van der Waals surface area contributed by atoms with Gasteiger partial charge in [0.25, 0.3) is 0 Å². The molecule has 0 aliphatic rings. The smallest absolute Gasteiger partial charge is 0.240 e. The summed E-state index contributed by atoms with van der Waals surface area (Å²) < 4.78 is 40.7. The van der Waals surface area contributed by atoms with Crippen molar-refractivity contribution >= 4 is 38.3 Å². The Labute approximate surface area is 192 Å². The van der Waals surface area contributed by atoms with Gasteiger partial charge in [0.05, 0.1) is 17.6 Å². The first kappa shape index (κ1) is 21.5. The van der Waals surface area contributed by atoms with Gasteiger partial charge in [-0.05, 0) is 65.1 Å². The Morgan fingerprint density at radius 3 is 2.58 bits per heavy atom. The lowest BCUT2D eigenvalue weighted by Gasteiger charge is -2.09. The summed E-state index contributed by atoms with van der Waals surface area (Å²) in [5.41, 5.74) is 1.29. The monoisotopic (exact) mass is 551 g/mol. The first-order valence-electron chi connectivity index (χ1n) is 9.22. The van der Waals surface area contributed by atoms with Gasteiger partial charge in [-0.25, -0.2) is 13.1 Å². The highest BCUT2D eigenvalue weighted by Crippen LogP contribution is 2.28. The van der Waals surface area contributed by atoms with Crippen molar-refractivity contribution in [1.82, 2.24) is 24.5 Å². The summed E-state index contributed by atoms with van der Waals surface area (Å²) in [6.45, 7) is 0.198. The third-order valence-electron chi connectivity index (χ3n) is 4.35. The molecule has 9 nitrogen and oxygen atoms in total. The summed E-state index contributed by atoms with van der Waals surface area (Å²) in [6, 6.07) is 17.4. The summed E-state index contributed by atoms with van der Waals surface area (Å²) in [4.78, 5) is 0.207. The average Bonchev–Trinajstić information content (AvgIpc) is 3.20. The number of hydrogen-bond donors (Lipinski definition) is 1. The number of rotatable bonds is 8. The second-order valence-electron chi connectivity index (χ2n) is 6.37. The average molecular weight is 551 g/mol. The van der Waals surface area contributed by atoms with Crippen LogP contribution in [0.4, 0.5) is 0 Å². The lowest BCUT2D eigenvalue weighted by Crippen LogP contribution is -2.28. The van der Waals surface area contributed by atoms with Crippen LogP contribution in [0.3, 0.4) is 0 Å². The van der Waals surface area contributed by atoms with Crippen molar-refractivity contribution in [2.24, 2.45) is 0 Å². The van der Waals surface area contributed by atoms with Gasteiger partial charge in [0.1, 0.15) is 12.4 Å². The van der Waals surface area contributed by atoms with E-state index in [1.807, 2.05) is 24.3 Å². The number of aromatic nitrogens is 4. The minimum atomic E-state index is -3.60. The van der Waals surface area contributed by atoms with Crippen LogP contribution in [0, 0.1) is 3.57 Å². The summed E-state index contributed by atoms with van der Waals surface area (Å²) in [5.74, 6) is 1.48. The maximum absolute atomic E-state index is 12.3. The molecular formula is C20H18IN5O4S. The zero-order valence-corrected chi connectivity index (χ0v) is 19.4. The Morgan fingerprint density at radius 2 is 1.81 bits per heavy atom. The van der Waals surface area contributed by atoms with Crippen molar-refractivity contribution in [3.8, 4) is 23.0 Å². The molecule has 31 heavy (non-hydrogen) atoms. The molecule has 2 heterocycles. The normalized spacial score (nSPS) is 11.5. The molecule has 0 saturated carbocycles. The van der Waals surface area contributed by atoms with E-state index in [-0.39, 0.29) is 18.0 Å². The number of nitrogens with one attached hydrogen (secondary N) is 1. The number of para-hydroxylation sites is 1. The van der Waals surface area contributed by atoms with Crippen molar-refractivity contribution in [3.63, 3.8) is 0 Å². The van der Waals surface area contributed by atoms with E-state index in [9.17, 15) is 8.42 Å². The lowest BCUT2D eigenvalue weighted by molar-refractivity contribution is 0.306. The Kier molecular flexibility index (Phi) is 6.34. The van der Waals surface area contributed by atoms with Crippen molar-refractivity contribution < 1.29 is 17.9 Å². The molecule has 4 rings (SSSR count). The summed E-state index contributed by atoms with van der Waals surface area (Å²) in [5, 5.41) is 12.8. The third-order valence-corrected chi connectivity index (χ3v) is 6.55. The van der Waals surface area contributed by atoms with Crippen LogP contribution in [-0.2, 0) is 10.0 Å². The van der Waals surface area contributed by atoms with Crippen molar-refractivity contribution in [2.45, 2.75) is 4.90 Å². The van der Waals surface area contributed by atoms with Gasteiger partial charge in [0.15, 0.2) is 11.5 Å². The second kappa shape index (κ2) is 9.16. The van der Waals surface area contributed by atoms with Gasteiger partial charge in [0.2, 0.25) is 15.9 Å². The molecule has 2 aromatic carbocycles. The molecule has 0 atom stereocenters. The van der Waals surface area contributed by atoms with E-state index in [4.69, 9.17) is 9.47 Å². The van der Waals surface area contributed by atoms with Crippen LogP contribution in [0.5, 0.6) is 11.6 Å². The first-order chi connectivity index (χ1) is 15.0. The number of ether oxygens (including phenoxy) is 2. The van der Waals surface area contributed by atoms with Gasteiger partial charge in [-0.3, -0.25) is 0 Å². The molecule has 1 N–H and O–H groups in total. The zero-order chi connectivity index (χ0) is 21.8. The van der Waals surface area contributed by atoms with Crippen molar-refractivity contribution in [1.29, 1.82) is 0 Å². The Bertz CT molecular complexity index is 1310. The van der Waals surface area contributed by atoms with Gasteiger partial charge in [-0.1, -0.05) is 12.1 Å². The molecule has 0 spiro atoms. The highest BCUT2D eigenvalue weighted by Gasteiger charge is 2.15. The van der Waals surface area contributed by atoms with Crippen molar-refractivity contribution in [2.75, 3.05) is 20.3 Å². The predicted octanol–water partition coefficient (Wildman–Crippen LogP) is 2.76. The Balaban J connectivity index is 1.45. The fourth-order valence-electron chi connectivity index (χ4n) is 2.88. The first-order valence-corrected chi connectivity index (χ1v) is 11.8. The molecule has 2 aromatic heterocycles. The second-order valence-corrected chi connectivity index (χ2v) is 9.38. The molecule has 0 saturated heterocycles. The molecule has 0 amide bonds. The fourth-order valence-corrected chi connectivity index (χ4v) is 4.25. The molecule has 4 aromatic rings. The Morgan fingerprint density at radius 1 is 1.03 bits per heavy atom. The topological polar surface area (TPSA) is 108 Å². The van der Waals surface area contributed by atoms with Crippen LogP contribution in [0.15, 0.2) is 65.6 Å². The van der Waals surface area contributed by atoms with E-state index in [1.54, 1.807) is 48.0 Å². The highest BCUT2D eigenvalue weighted by atomic mass is 127. The number of benzene rings is 2. The summed E-state index contributed by atoms with van der Waals surface area (Å²) in [7, 11) is -2.02. The summed E-state index contributed by atoms with van der Waals surface area (Å²) in [6.07, 6.45) is 0. The molecule has 0 aliphatic heterocycles. The number of nitrogens with zero attached hydrogens (tertiary/aromatic N) is 4. The van der Waals surface area contributed by atoms with Crippen LogP contribution in [0.2, 0.25) is 0 Å².